The van der Waals surface area contributed by atoms with Gasteiger partial charge in [-0.05, 0) is 18.1 Å². The third-order valence-electron chi connectivity index (χ3n) is 2.13. The second-order valence-corrected chi connectivity index (χ2v) is 3.23. The second kappa shape index (κ2) is 5.98. The Morgan fingerprint density at radius 2 is 2.00 bits per heavy atom. The number of carbonyl (C=O) groups excluding carboxylic acids is 1. The van der Waals surface area contributed by atoms with E-state index in [-0.39, 0.29) is 5.57 Å². The highest BCUT2D eigenvalue weighted by Crippen LogP contribution is 2.20. The molecule has 1 aromatic carbocycles. The van der Waals surface area contributed by atoms with Crippen LogP contribution in [0.15, 0.2) is 30.5 Å². The minimum absolute atomic E-state index is 0.0362. The van der Waals surface area contributed by atoms with E-state index >= 15 is 0 Å². The molecule has 0 fully saturated rings. The molecule has 0 bridgehead atoms. The summed E-state index contributed by atoms with van der Waals surface area (Å²) in [4.78, 5) is 11.5. The molecular weight excluding hydrogens is 230 g/mol. The minimum Gasteiger partial charge on any atom is -0.465 e. The van der Waals surface area contributed by atoms with Crippen LogP contribution in [0.5, 0.6) is 0 Å². The first-order valence-electron chi connectivity index (χ1n) is 4.84. The Labute approximate surface area is 97.7 Å². The van der Waals surface area contributed by atoms with Crippen molar-refractivity contribution in [2.24, 2.45) is 0 Å². The van der Waals surface area contributed by atoms with Gasteiger partial charge < -0.3 is 9.47 Å². The number of alkyl halides is 2. The van der Waals surface area contributed by atoms with Crippen molar-refractivity contribution >= 4 is 11.5 Å². The van der Waals surface area contributed by atoms with Crippen LogP contribution in [-0.2, 0) is 14.3 Å². The molecule has 0 aliphatic heterocycles. The van der Waals surface area contributed by atoms with Gasteiger partial charge in [0, 0.05) is 0 Å². The van der Waals surface area contributed by atoms with E-state index in [2.05, 4.69) is 9.47 Å². The van der Waals surface area contributed by atoms with Gasteiger partial charge in [0.25, 0.3) is 0 Å². The molecule has 5 heteroatoms. The molecular formula is C12H12F2O3. The summed E-state index contributed by atoms with van der Waals surface area (Å²) < 4.78 is 32.5. The van der Waals surface area contributed by atoms with Crippen molar-refractivity contribution in [3.8, 4) is 0 Å². The molecule has 0 radical (unpaired) electrons. The van der Waals surface area contributed by atoms with Crippen LogP contribution in [0.3, 0.4) is 0 Å². The van der Waals surface area contributed by atoms with E-state index < -0.39 is 12.6 Å². The summed E-state index contributed by atoms with van der Waals surface area (Å²) in [7, 11) is 1.18. The molecule has 1 rings (SSSR count). The Bertz CT molecular complexity index is 428. The lowest BCUT2D eigenvalue weighted by Gasteiger charge is -2.08. The van der Waals surface area contributed by atoms with Crippen LogP contribution in [0.25, 0.3) is 5.57 Å². The number of hydrogen-bond acceptors (Lipinski definition) is 3. The highest BCUT2D eigenvalue weighted by molar-refractivity contribution is 6.16. The monoisotopic (exact) mass is 242 g/mol. The number of methoxy groups -OCH3 is 1. The lowest BCUT2D eigenvalue weighted by atomic mass is 10.0. The Morgan fingerprint density at radius 3 is 2.53 bits per heavy atom. The van der Waals surface area contributed by atoms with E-state index in [1.807, 2.05) is 0 Å². The molecule has 0 saturated carbocycles. The van der Waals surface area contributed by atoms with Crippen molar-refractivity contribution in [2.75, 3.05) is 7.11 Å². The molecule has 0 aliphatic rings. The predicted octanol–water partition coefficient (Wildman–Crippen LogP) is 2.75. The lowest BCUT2D eigenvalue weighted by molar-refractivity contribution is -0.134. The summed E-state index contributed by atoms with van der Waals surface area (Å²) in [5, 5.41) is 0. The summed E-state index contributed by atoms with van der Waals surface area (Å²) in [6, 6.07) is 6.87. The van der Waals surface area contributed by atoms with Gasteiger partial charge in [0.2, 0.25) is 0 Å². The number of carbonyl (C=O) groups is 1. The van der Waals surface area contributed by atoms with Gasteiger partial charge in [0.05, 0.1) is 7.11 Å². The first-order chi connectivity index (χ1) is 8.06. The molecule has 3 nitrogen and oxygen atoms in total. The topological polar surface area (TPSA) is 35.5 Å². The van der Waals surface area contributed by atoms with Crippen LogP contribution < -0.4 is 0 Å². The van der Waals surface area contributed by atoms with E-state index in [1.54, 1.807) is 31.2 Å². The number of halogens is 2. The van der Waals surface area contributed by atoms with Crippen LogP contribution >= 0.6 is 0 Å². The number of esters is 1. The van der Waals surface area contributed by atoms with Gasteiger partial charge in [0.1, 0.15) is 11.8 Å². The van der Waals surface area contributed by atoms with E-state index in [0.717, 1.165) is 11.8 Å². The smallest absolute Gasteiger partial charge is 0.386 e. The largest absolute Gasteiger partial charge is 0.465 e. The number of hydrogen-bond donors (Lipinski definition) is 0. The molecule has 0 unspecified atom stereocenters. The van der Waals surface area contributed by atoms with Gasteiger partial charge >= 0.3 is 12.6 Å². The lowest BCUT2D eigenvalue weighted by Crippen LogP contribution is -2.07. The number of benzene rings is 1. The molecule has 0 atom stereocenters. The first-order valence-corrected chi connectivity index (χ1v) is 4.84. The molecule has 92 valence electrons. The Kier molecular flexibility index (Phi) is 4.63. The fourth-order valence-electron chi connectivity index (χ4n) is 1.33. The van der Waals surface area contributed by atoms with Crippen LogP contribution in [0.4, 0.5) is 8.78 Å². The van der Waals surface area contributed by atoms with Crippen molar-refractivity contribution in [2.45, 2.75) is 13.5 Å². The average molecular weight is 242 g/mol. The van der Waals surface area contributed by atoms with Gasteiger partial charge in [-0.25, -0.2) is 4.79 Å². The molecule has 17 heavy (non-hydrogen) atoms. The van der Waals surface area contributed by atoms with Crippen LogP contribution in [0, 0.1) is 6.92 Å². The minimum atomic E-state index is -2.97. The Morgan fingerprint density at radius 1 is 1.35 bits per heavy atom. The standard InChI is InChI=1S/C12H12F2O3/c1-8-5-3-4-6-9(8)10(11(15)16-2)7-17-12(13)14/h3-7,12H,1-2H3. The molecule has 1 aromatic rings. The fraction of sp³-hybridized carbons (Fsp3) is 0.250. The van der Waals surface area contributed by atoms with Crippen molar-refractivity contribution < 1.29 is 23.0 Å². The van der Waals surface area contributed by atoms with Gasteiger partial charge in [-0.1, -0.05) is 24.3 Å². The molecule has 0 N–H and O–H groups in total. The normalized spacial score (nSPS) is 11.5. The van der Waals surface area contributed by atoms with Crippen molar-refractivity contribution in [3.63, 3.8) is 0 Å². The van der Waals surface area contributed by atoms with Crippen molar-refractivity contribution in [3.05, 3.63) is 41.7 Å². The summed E-state index contributed by atoms with van der Waals surface area (Å²) in [6.07, 6.45) is 0.721. The van der Waals surface area contributed by atoms with Gasteiger partial charge in [-0.2, -0.15) is 8.78 Å². The Balaban J connectivity index is 3.11. The third-order valence-corrected chi connectivity index (χ3v) is 2.13. The maximum absolute atomic E-state index is 12.0. The van der Waals surface area contributed by atoms with E-state index in [9.17, 15) is 13.6 Å². The maximum Gasteiger partial charge on any atom is 0.386 e. The highest BCUT2D eigenvalue weighted by Gasteiger charge is 2.15. The van der Waals surface area contributed by atoms with Crippen molar-refractivity contribution in [1.82, 2.24) is 0 Å². The first kappa shape index (κ1) is 13.2. The zero-order valence-electron chi connectivity index (χ0n) is 9.44. The quantitative estimate of drug-likeness (QED) is 0.462. The molecule has 0 aliphatic carbocycles. The number of ether oxygens (including phenoxy) is 2. The Hall–Kier alpha value is -1.91. The molecule has 0 aromatic heterocycles. The molecule has 0 spiro atoms. The third kappa shape index (κ3) is 3.55. The maximum atomic E-state index is 12.0. The predicted molar refractivity (Wildman–Crippen MR) is 58.3 cm³/mol. The molecule has 0 saturated heterocycles. The zero-order chi connectivity index (χ0) is 12.8. The average Bonchev–Trinajstić information content (AvgIpc) is 2.30. The SMILES string of the molecule is COC(=O)C(=COC(F)F)c1ccccc1C. The van der Waals surface area contributed by atoms with Crippen LogP contribution in [-0.4, -0.2) is 19.7 Å². The molecule has 0 amide bonds. The van der Waals surface area contributed by atoms with E-state index in [0.29, 0.717) is 5.56 Å². The summed E-state index contributed by atoms with van der Waals surface area (Å²) in [6.45, 7) is -1.22. The second-order valence-electron chi connectivity index (χ2n) is 3.23. The van der Waals surface area contributed by atoms with Crippen LogP contribution in [0.2, 0.25) is 0 Å². The molecule has 0 heterocycles. The van der Waals surface area contributed by atoms with Crippen molar-refractivity contribution in [1.29, 1.82) is 0 Å². The number of rotatable bonds is 4. The van der Waals surface area contributed by atoms with Gasteiger partial charge in [0.15, 0.2) is 0 Å². The van der Waals surface area contributed by atoms with E-state index in [1.165, 1.54) is 7.11 Å². The van der Waals surface area contributed by atoms with Gasteiger partial charge in [-0.15, -0.1) is 0 Å². The highest BCUT2D eigenvalue weighted by atomic mass is 19.3. The summed E-state index contributed by atoms with van der Waals surface area (Å²) in [5.74, 6) is -0.722. The van der Waals surface area contributed by atoms with Crippen LogP contribution in [0.1, 0.15) is 11.1 Å². The van der Waals surface area contributed by atoms with E-state index in [4.69, 9.17) is 0 Å². The fourth-order valence-corrected chi connectivity index (χ4v) is 1.33. The van der Waals surface area contributed by atoms with Gasteiger partial charge in [-0.3, -0.25) is 0 Å². The number of aryl methyl sites for hydroxylation is 1. The summed E-state index contributed by atoms with van der Waals surface area (Å²) in [5.41, 5.74) is 1.23. The zero-order valence-corrected chi connectivity index (χ0v) is 9.44. The summed E-state index contributed by atoms with van der Waals surface area (Å²) >= 11 is 0.